The van der Waals surface area contributed by atoms with Gasteiger partial charge in [0.15, 0.2) is 0 Å². The average Bonchev–Trinajstić information content (AvgIpc) is 2.82. The van der Waals surface area contributed by atoms with Crippen LogP contribution in [0.5, 0.6) is 5.75 Å². The quantitative estimate of drug-likeness (QED) is 0.440. The summed E-state index contributed by atoms with van der Waals surface area (Å²) < 4.78 is 85.2. The first-order valence-electron chi connectivity index (χ1n) is 10.5. The molecule has 1 aliphatic heterocycles. The number of alkyl halides is 6. The van der Waals surface area contributed by atoms with Crippen LogP contribution in [0.4, 0.5) is 37.7 Å². The number of amides is 1. The summed E-state index contributed by atoms with van der Waals surface area (Å²) in [7, 11) is 1.47. The average molecular weight is 494 g/mol. The van der Waals surface area contributed by atoms with Crippen molar-refractivity contribution in [3.63, 3.8) is 0 Å². The number of fused-ring (bicyclic) bond motifs is 1. The van der Waals surface area contributed by atoms with E-state index in [2.05, 4.69) is 0 Å². The molecule has 4 nitrogen and oxygen atoms in total. The van der Waals surface area contributed by atoms with E-state index >= 15 is 0 Å². The number of methoxy groups -OCH3 is 1. The molecule has 3 aromatic rings. The summed E-state index contributed by atoms with van der Waals surface area (Å²) in [5.41, 5.74) is 0.922. The van der Waals surface area contributed by atoms with Crippen molar-refractivity contribution in [2.45, 2.75) is 30.9 Å². The van der Waals surface area contributed by atoms with Crippen molar-refractivity contribution in [1.29, 1.82) is 0 Å². The van der Waals surface area contributed by atoms with Gasteiger partial charge >= 0.3 is 18.3 Å². The van der Waals surface area contributed by atoms with Crippen molar-refractivity contribution >= 4 is 17.3 Å². The number of hydrogen-bond acceptors (Lipinski definition) is 3. The number of ether oxygens (including phenoxy) is 1. The molecule has 0 aliphatic carbocycles. The first-order chi connectivity index (χ1) is 16.5. The summed E-state index contributed by atoms with van der Waals surface area (Å²) in [4.78, 5) is 13.6. The first-order valence-corrected chi connectivity index (χ1v) is 10.5. The minimum Gasteiger partial charge on any atom is -0.497 e. The van der Waals surface area contributed by atoms with Crippen LogP contribution < -0.4 is 15.0 Å². The second kappa shape index (κ2) is 9.16. The fourth-order valence-corrected chi connectivity index (χ4v) is 4.30. The number of halogens is 6. The van der Waals surface area contributed by atoms with Crippen molar-refractivity contribution in [3.05, 3.63) is 89.5 Å². The third kappa shape index (κ3) is 5.06. The molecule has 35 heavy (non-hydrogen) atoms. The predicted octanol–water partition coefficient (Wildman–Crippen LogP) is 6.20. The molecule has 0 fully saturated rings. The van der Waals surface area contributed by atoms with Crippen molar-refractivity contribution in [3.8, 4) is 5.75 Å². The standard InChI is InChI=1S/C25H20F6N2O2/c1-35-19-11-9-18(10-12-19)33-21-8-3-2-5-15(21)14-20(32-23(34)25(29,30)31)22(33)16-6-4-7-17(13-16)24(26,27)28/h2-13,20,22H,14H2,1H3,(H,32,34)/t20-,22+/m0/s1. The lowest BCUT2D eigenvalue weighted by Crippen LogP contribution is -2.52. The number of nitrogens with one attached hydrogen (secondary N) is 1. The zero-order valence-electron chi connectivity index (χ0n) is 18.3. The maximum atomic E-state index is 13.5. The number of rotatable bonds is 4. The molecular formula is C25H20F6N2O2. The summed E-state index contributed by atoms with van der Waals surface area (Å²) in [6.45, 7) is 0. The summed E-state index contributed by atoms with van der Waals surface area (Å²) >= 11 is 0. The molecule has 0 aromatic heterocycles. The Morgan fingerprint density at radius 2 is 1.63 bits per heavy atom. The highest BCUT2D eigenvalue weighted by molar-refractivity contribution is 5.83. The van der Waals surface area contributed by atoms with E-state index in [0.29, 0.717) is 22.7 Å². The Morgan fingerprint density at radius 3 is 2.26 bits per heavy atom. The summed E-state index contributed by atoms with van der Waals surface area (Å²) in [5, 5.41) is 2.02. The van der Waals surface area contributed by atoms with Gasteiger partial charge in [0.2, 0.25) is 0 Å². The van der Waals surface area contributed by atoms with Crippen LogP contribution in [0, 0.1) is 0 Å². The van der Waals surface area contributed by atoms with Gasteiger partial charge in [-0.15, -0.1) is 0 Å². The van der Waals surface area contributed by atoms with Crippen molar-refractivity contribution in [2.24, 2.45) is 0 Å². The molecule has 0 saturated heterocycles. The fourth-order valence-electron chi connectivity index (χ4n) is 4.30. The lowest BCUT2D eigenvalue weighted by molar-refractivity contribution is -0.174. The molecule has 0 spiro atoms. The topological polar surface area (TPSA) is 41.6 Å². The van der Waals surface area contributed by atoms with Crippen LogP contribution in [0.25, 0.3) is 0 Å². The van der Waals surface area contributed by atoms with Gasteiger partial charge in [-0.25, -0.2) is 0 Å². The molecule has 0 radical (unpaired) electrons. The third-order valence-electron chi connectivity index (χ3n) is 5.83. The van der Waals surface area contributed by atoms with E-state index in [0.717, 1.165) is 12.1 Å². The SMILES string of the molecule is COc1ccc(N2c3ccccc3C[C@H](NC(=O)C(F)(F)F)[C@H]2c2cccc(C(F)(F)F)c2)cc1. The van der Waals surface area contributed by atoms with Gasteiger partial charge in [0, 0.05) is 11.4 Å². The first kappa shape index (κ1) is 24.4. The van der Waals surface area contributed by atoms with Gasteiger partial charge in [0.25, 0.3) is 0 Å². The van der Waals surface area contributed by atoms with Crippen molar-refractivity contribution < 1.29 is 35.9 Å². The maximum absolute atomic E-state index is 13.5. The van der Waals surface area contributed by atoms with Crippen molar-refractivity contribution in [2.75, 3.05) is 12.0 Å². The molecule has 2 atom stereocenters. The highest BCUT2D eigenvalue weighted by atomic mass is 19.4. The van der Waals surface area contributed by atoms with Gasteiger partial charge in [-0.3, -0.25) is 4.79 Å². The van der Waals surface area contributed by atoms with E-state index in [4.69, 9.17) is 4.74 Å². The second-order valence-corrected chi connectivity index (χ2v) is 8.05. The van der Waals surface area contributed by atoms with Crippen molar-refractivity contribution in [1.82, 2.24) is 5.32 Å². The Bertz CT molecular complexity index is 1210. The van der Waals surface area contributed by atoms with Crippen LogP contribution in [0.2, 0.25) is 0 Å². The number of benzene rings is 3. The minimum absolute atomic E-state index is 0.00837. The van der Waals surface area contributed by atoms with Crippen LogP contribution in [0.3, 0.4) is 0 Å². The van der Waals surface area contributed by atoms with E-state index in [1.54, 1.807) is 53.4 Å². The third-order valence-corrected chi connectivity index (χ3v) is 5.83. The molecule has 184 valence electrons. The zero-order valence-corrected chi connectivity index (χ0v) is 18.3. The van der Waals surface area contributed by atoms with E-state index in [9.17, 15) is 31.1 Å². The lowest BCUT2D eigenvalue weighted by atomic mass is 9.85. The Morgan fingerprint density at radius 1 is 0.943 bits per heavy atom. The smallest absolute Gasteiger partial charge is 0.471 e. The molecule has 0 unspecified atom stereocenters. The molecule has 3 aromatic carbocycles. The van der Waals surface area contributed by atoms with Crippen LogP contribution in [-0.4, -0.2) is 25.2 Å². The van der Waals surface area contributed by atoms with Gasteiger partial charge in [-0.2, -0.15) is 26.3 Å². The number of nitrogens with zero attached hydrogens (tertiary/aromatic N) is 1. The molecule has 10 heteroatoms. The molecule has 0 bridgehead atoms. The molecule has 0 saturated carbocycles. The monoisotopic (exact) mass is 494 g/mol. The normalized spacial score (nSPS) is 18.1. The zero-order chi connectivity index (χ0) is 25.4. The fraction of sp³-hybridized carbons (Fsp3) is 0.240. The van der Waals surface area contributed by atoms with Gasteiger partial charge in [-0.1, -0.05) is 30.3 Å². The predicted molar refractivity (Wildman–Crippen MR) is 117 cm³/mol. The van der Waals surface area contributed by atoms with Crippen LogP contribution in [0.15, 0.2) is 72.8 Å². The summed E-state index contributed by atoms with van der Waals surface area (Å²) in [6, 6.07) is 15.6. The Labute approximate surface area is 197 Å². The van der Waals surface area contributed by atoms with Gasteiger partial charge < -0.3 is 15.0 Å². The molecular weight excluding hydrogens is 474 g/mol. The van der Waals surface area contributed by atoms with E-state index in [1.807, 2.05) is 5.32 Å². The van der Waals surface area contributed by atoms with Crippen LogP contribution in [-0.2, 0) is 17.4 Å². The number of carbonyl (C=O) groups is 1. The lowest BCUT2D eigenvalue weighted by Gasteiger charge is -2.44. The number of anilines is 2. The minimum atomic E-state index is -5.15. The van der Waals surface area contributed by atoms with Crippen LogP contribution in [0.1, 0.15) is 22.7 Å². The summed E-state index contributed by atoms with van der Waals surface area (Å²) in [6.07, 6.45) is -9.82. The van der Waals surface area contributed by atoms with Gasteiger partial charge in [-0.05, 0) is 60.0 Å². The highest BCUT2D eigenvalue weighted by Crippen LogP contribution is 2.45. The van der Waals surface area contributed by atoms with E-state index in [-0.39, 0.29) is 12.0 Å². The molecule has 1 N–H and O–H groups in total. The Balaban J connectivity index is 1.91. The van der Waals surface area contributed by atoms with Crippen LogP contribution >= 0.6 is 0 Å². The number of para-hydroxylation sites is 1. The summed E-state index contributed by atoms with van der Waals surface area (Å²) in [5.74, 6) is -1.63. The second-order valence-electron chi connectivity index (χ2n) is 8.05. The largest absolute Gasteiger partial charge is 0.497 e. The van der Waals surface area contributed by atoms with Gasteiger partial charge in [0.1, 0.15) is 5.75 Å². The highest BCUT2D eigenvalue weighted by Gasteiger charge is 2.44. The number of hydrogen-bond donors (Lipinski definition) is 1. The molecule has 4 rings (SSSR count). The maximum Gasteiger partial charge on any atom is 0.471 e. The van der Waals surface area contributed by atoms with Gasteiger partial charge in [0.05, 0.1) is 24.8 Å². The Hall–Kier alpha value is -3.69. The number of carbonyl (C=O) groups excluding carboxylic acids is 1. The molecule has 1 amide bonds. The van der Waals surface area contributed by atoms with E-state index < -0.39 is 35.9 Å². The molecule has 1 heterocycles. The Kier molecular flexibility index (Phi) is 6.40. The van der Waals surface area contributed by atoms with E-state index in [1.165, 1.54) is 19.2 Å². The molecule has 1 aliphatic rings.